The fourth-order valence-corrected chi connectivity index (χ4v) is 2.55. The molecule has 0 fully saturated rings. The predicted molar refractivity (Wildman–Crippen MR) is 84.5 cm³/mol. The Balaban J connectivity index is 2.33. The number of rotatable bonds is 5. The van der Waals surface area contributed by atoms with Crippen molar-refractivity contribution in [2.24, 2.45) is 5.92 Å². The van der Waals surface area contributed by atoms with Gasteiger partial charge in [0.15, 0.2) is 0 Å². The zero-order chi connectivity index (χ0) is 16.3. The molecule has 1 amide bonds. The molecule has 0 saturated carbocycles. The van der Waals surface area contributed by atoms with E-state index in [0.29, 0.717) is 18.4 Å². The first kappa shape index (κ1) is 16.2. The monoisotopic (exact) mass is 301 g/mol. The summed E-state index contributed by atoms with van der Waals surface area (Å²) >= 11 is 0. The van der Waals surface area contributed by atoms with Crippen molar-refractivity contribution in [3.63, 3.8) is 0 Å². The third-order valence-corrected chi connectivity index (χ3v) is 3.65. The Bertz CT molecular complexity index is 649. The lowest BCUT2D eigenvalue weighted by molar-refractivity contribution is 0.0649. The normalized spacial score (nSPS) is 12.5. The van der Waals surface area contributed by atoms with Crippen LogP contribution in [0.3, 0.4) is 0 Å². The van der Waals surface area contributed by atoms with Crippen LogP contribution in [0, 0.1) is 19.8 Å². The maximum absolute atomic E-state index is 12.8. The van der Waals surface area contributed by atoms with Crippen molar-refractivity contribution < 1.29 is 9.32 Å². The van der Waals surface area contributed by atoms with Gasteiger partial charge in [0.25, 0.3) is 11.7 Å². The number of amides is 1. The highest BCUT2D eigenvalue weighted by Gasteiger charge is 2.27. The second-order valence-electron chi connectivity index (χ2n) is 6.02. The topological polar surface area (TPSA) is 59.2 Å². The Hall–Kier alpha value is -2.17. The molecule has 0 spiro atoms. The highest BCUT2D eigenvalue weighted by atomic mass is 16.5. The van der Waals surface area contributed by atoms with Crippen molar-refractivity contribution in [2.45, 2.75) is 40.7 Å². The Labute approximate surface area is 131 Å². The molecule has 1 unspecified atom stereocenters. The van der Waals surface area contributed by atoms with Gasteiger partial charge in [-0.05, 0) is 30.9 Å². The van der Waals surface area contributed by atoms with Gasteiger partial charge < -0.3 is 9.42 Å². The average Bonchev–Trinajstić information content (AvgIpc) is 2.90. The lowest BCUT2D eigenvalue weighted by Gasteiger charge is -2.31. The second-order valence-corrected chi connectivity index (χ2v) is 6.02. The van der Waals surface area contributed by atoms with Gasteiger partial charge >= 0.3 is 0 Å². The number of benzene rings is 1. The molecule has 0 saturated heterocycles. The van der Waals surface area contributed by atoms with Crippen LogP contribution >= 0.6 is 0 Å². The Kier molecular flexibility index (Phi) is 4.96. The second kappa shape index (κ2) is 6.73. The first-order valence-corrected chi connectivity index (χ1v) is 7.57. The fourth-order valence-electron chi connectivity index (χ4n) is 2.55. The molecule has 118 valence electrons. The standard InChI is InChI=1S/C17H23N3O2/c1-11(2)10-20(17(21)16-18-14(5)22-19-16)13(4)15-9-7-6-8-12(15)3/h6-9,11,13H,10H2,1-5H3. The summed E-state index contributed by atoms with van der Waals surface area (Å²) < 4.78 is 4.94. The average molecular weight is 301 g/mol. The molecule has 1 aromatic carbocycles. The van der Waals surface area contributed by atoms with Gasteiger partial charge in [0.1, 0.15) is 0 Å². The molecule has 0 aliphatic heterocycles. The largest absolute Gasteiger partial charge is 0.339 e. The van der Waals surface area contributed by atoms with Gasteiger partial charge in [-0.25, -0.2) is 0 Å². The summed E-state index contributed by atoms with van der Waals surface area (Å²) in [5.41, 5.74) is 2.30. The summed E-state index contributed by atoms with van der Waals surface area (Å²) in [7, 11) is 0. The maximum Gasteiger partial charge on any atom is 0.295 e. The first-order chi connectivity index (χ1) is 10.4. The summed E-state index contributed by atoms with van der Waals surface area (Å²) in [6.07, 6.45) is 0. The van der Waals surface area contributed by atoms with Gasteiger partial charge in [0.2, 0.25) is 5.89 Å². The molecule has 0 aliphatic carbocycles. The molecule has 1 aromatic heterocycles. The van der Waals surface area contributed by atoms with Crippen LogP contribution in [0.15, 0.2) is 28.8 Å². The van der Waals surface area contributed by atoms with Gasteiger partial charge in [0.05, 0.1) is 6.04 Å². The number of carbonyl (C=O) groups is 1. The number of aryl methyl sites for hydroxylation is 2. The van der Waals surface area contributed by atoms with Crippen LogP contribution in [-0.4, -0.2) is 27.5 Å². The van der Waals surface area contributed by atoms with E-state index in [9.17, 15) is 4.79 Å². The quantitative estimate of drug-likeness (QED) is 0.847. The van der Waals surface area contributed by atoms with Crippen molar-refractivity contribution in [2.75, 3.05) is 6.54 Å². The molecule has 5 nitrogen and oxygen atoms in total. The van der Waals surface area contributed by atoms with E-state index in [2.05, 4.69) is 43.0 Å². The minimum absolute atomic E-state index is 0.0464. The Morgan fingerprint density at radius 2 is 1.91 bits per heavy atom. The fraction of sp³-hybridized carbons (Fsp3) is 0.471. The third-order valence-electron chi connectivity index (χ3n) is 3.65. The summed E-state index contributed by atoms with van der Waals surface area (Å²) in [4.78, 5) is 18.6. The molecule has 0 bridgehead atoms. The molecule has 1 atom stereocenters. The molecule has 2 rings (SSSR count). The maximum atomic E-state index is 12.8. The van der Waals surface area contributed by atoms with Crippen LogP contribution in [-0.2, 0) is 0 Å². The van der Waals surface area contributed by atoms with Crippen LogP contribution < -0.4 is 0 Å². The molecule has 5 heteroatoms. The van der Waals surface area contributed by atoms with Crippen molar-refractivity contribution >= 4 is 5.91 Å². The summed E-state index contributed by atoms with van der Waals surface area (Å²) in [5, 5.41) is 3.77. The SMILES string of the molecule is Cc1nc(C(=O)N(CC(C)C)C(C)c2ccccc2C)no1. The predicted octanol–water partition coefficient (Wildman–Crippen LogP) is 3.55. The molecule has 2 aromatic rings. The Morgan fingerprint density at radius 1 is 1.23 bits per heavy atom. The van der Waals surface area contributed by atoms with Gasteiger partial charge in [-0.2, -0.15) is 4.98 Å². The molecular weight excluding hydrogens is 278 g/mol. The third kappa shape index (κ3) is 3.53. The number of hydrogen-bond donors (Lipinski definition) is 0. The minimum Gasteiger partial charge on any atom is -0.339 e. The smallest absolute Gasteiger partial charge is 0.295 e. The molecule has 0 N–H and O–H groups in total. The number of nitrogens with zero attached hydrogens (tertiary/aromatic N) is 3. The van der Waals surface area contributed by atoms with E-state index < -0.39 is 0 Å². The van der Waals surface area contributed by atoms with Crippen molar-refractivity contribution in [1.82, 2.24) is 15.0 Å². The molecule has 0 aliphatic rings. The van der Waals surface area contributed by atoms with Crippen molar-refractivity contribution in [3.05, 3.63) is 47.1 Å². The number of hydrogen-bond acceptors (Lipinski definition) is 4. The van der Waals surface area contributed by atoms with E-state index in [4.69, 9.17) is 4.52 Å². The zero-order valence-corrected chi connectivity index (χ0v) is 13.8. The van der Waals surface area contributed by atoms with Gasteiger partial charge in [-0.15, -0.1) is 0 Å². The van der Waals surface area contributed by atoms with Gasteiger partial charge in [-0.3, -0.25) is 4.79 Å². The summed E-state index contributed by atoms with van der Waals surface area (Å²) in [6.45, 7) is 10.6. The van der Waals surface area contributed by atoms with E-state index in [-0.39, 0.29) is 17.8 Å². The van der Waals surface area contributed by atoms with Crippen LogP contribution in [0.5, 0.6) is 0 Å². The van der Waals surface area contributed by atoms with E-state index in [0.717, 1.165) is 5.56 Å². The first-order valence-electron chi connectivity index (χ1n) is 7.57. The summed E-state index contributed by atoms with van der Waals surface area (Å²) in [6, 6.07) is 8.07. The minimum atomic E-state index is -0.193. The lowest BCUT2D eigenvalue weighted by atomic mass is 10.00. The van der Waals surface area contributed by atoms with Crippen molar-refractivity contribution in [1.29, 1.82) is 0 Å². The van der Waals surface area contributed by atoms with E-state index >= 15 is 0 Å². The highest BCUT2D eigenvalue weighted by molar-refractivity contribution is 5.90. The van der Waals surface area contributed by atoms with Crippen molar-refractivity contribution in [3.8, 4) is 0 Å². The van der Waals surface area contributed by atoms with Crippen LogP contribution in [0.4, 0.5) is 0 Å². The lowest BCUT2D eigenvalue weighted by Crippen LogP contribution is -2.37. The Morgan fingerprint density at radius 3 is 2.45 bits per heavy atom. The van der Waals surface area contributed by atoms with Crippen LogP contribution in [0.1, 0.15) is 54.4 Å². The van der Waals surface area contributed by atoms with Gasteiger partial charge in [-0.1, -0.05) is 43.3 Å². The summed E-state index contributed by atoms with van der Waals surface area (Å²) in [5.74, 6) is 0.680. The van der Waals surface area contributed by atoms with Crippen LogP contribution in [0.25, 0.3) is 0 Å². The van der Waals surface area contributed by atoms with Gasteiger partial charge in [0, 0.05) is 13.5 Å². The molecular formula is C17H23N3O2. The van der Waals surface area contributed by atoms with Crippen LogP contribution in [0.2, 0.25) is 0 Å². The number of aromatic nitrogens is 2. The highest BCUT2D eigenvalue weighted by Crippen LogP contribution is 2.25. The molecule has 0 radical (unpaired) electrons. The molecule has 1 heterocycles. The van der Waals surface area contributed by atoms with E-state index in [1.54, 1.807) is 6.92 Å². The molecule has 22 heavy (non-hydrogen) atoms. The van der Waals surface area contributed by atoms with E-state index in [1.165, 1.54) is 5.56 Å². The zero-order valence-electron chi connectivity index (χ0n) is 13.8. The van der Waals surface area contributed by atoms with E-state index in [1.807, 2.05) is 24.0 Å². The number of carbonyl (C=O) groups excluding carboxylic acids is 1.